The van der Waals surface area contributed by atoms with Gasteiger partial charge in [0.05, 0.1) is 7.11 Å². The van der Waals surface area contributed by atoms with Crippen molar-refractivity contribution in [3.8, 4) is 5.75 Å². The van der Waals surface area contributed by atoms with Crippen molar-refractivity contribution in [1.82, 2.24) is 5.32 Å². The molecule has 1 saturated carbocycles. The molecular formula is C27H29NO6. The molecule has 7 heteroatoms. The van der Waals surface area contributed by atoms with E-state index in [1.807, 2.05) is 31.2 Å². The number of methoxy groups -OCH3 is 1. The first-order chi connectivity index (χ1) is 16.4. The molecule has 0 spiro atoms. The van der Waals surface area contributed by atoms with Crippen LogP contribution in [0.25, 0.3) is 11.0 Å². The number of amides is 1. The summed E-state index contributed by atoms with van der Waals surface area (Å²) in [6, 6.07) is 15.4. The zero-order valence-electron chi connectivity index (χ0n) is 19.5. The van der Waals surface area contributed by atoms with E-state index in [1.54, 1.807) is 19.2 Å². The third kappa shape index (κ3) is 4.98. The molecule has 1 fully saturated rings. The lowest BCUT2D eigenvalue weighted by atomic mass is 9.64. The maximum Gasteiger partial charge on any atom is 0.339 e. The molecular weight excluding hydrogens is 434 g/mol. The molecule has 34 heavy (non-hydrogen) atoms. The van der Waals surface area contributed by atoms with Crippen LogP contribution in [0.1, 0.15) is 42.4 Å². The Kier molecular flexibility index (Phi) is 7.01. The normalized spacial score (nSPS) is 14.3. The van der Waals surface area contributed by atoms with Gasteiger partial charge in [0.15, 0.2) is 6.61 Å². The van der Waals surface area contributed by atoms with Crippen LogP contribution < -0.4 is 15.7 Å². The second-order valence-corrected chi connectivity index (χ2v) is 8.79. The van der Waals surface area contributed by atoms with E-state index in [0.29, 0.717) is 23.4 Å². The lowest BCUT2D eigenvalue weighted by molar-refractivity contribution is -0.148. The van der Waals surface area contributed by atoms with Crippen molar-refractivity contribution < 1.29 is 23.5 Å². The van der Waals surface area contributed by atoms with E-state index in [1.165, 1.54) is 5.56 Å². The Morgan fingerprint density at radius 3 is 2.56 bits per heavy atom. The van der Waals surface area contributed by atoms with Crippen molar-refractivity contribution in [1.29, 1.82) is 0 Å². The number of ether oxygens (including phenoxy) is 2. The van der Waals surface area contributed by atoms with Crippen LogP contribution in [0.3, 0.4) is 0 Å². The zero-order chi connectivity index (χ0) is 24.1. The lowest BCUT2D eigenvalue weighted by Gasteiger charge is -2.42. The van der Waals surface area contributed by atoms with Crippen molar-refractivity contribution in [2.45, 2.75) is 44.4 Å². The Bertz CT molecular complexity index is 1240. The summed E-state index contributed by atoms with van der Waals surface area (Å²) in [5.41, 5.74) is 2.31. The average Bonchev–Trinajstić information content (AvgIpc) is 2.82. The molecule has 0 unspecified atom stereocenters. The largest absolute Gasteiger partial charge is 0.497 e. The van der Waals surface area contributed by atoms with Gasteiger partial charge >= 0.3 is 11.6 Å². The van der Waals surface area contributed by atoms with Crippen LogP contribution in [0, 0.1) is 6.92 Å². The van der Waals surface area contributed by atoms with Gasteiger partial charge in [0.25, 0.3) is 5.91 Å². The van der Waals surface area contributed by atoms with Crippen LogP contribution in [0.5, 0.6) is 5.75 Å². The molecule has 1 N–H and O–H groups in total. The summed E-state index contributed by atoms with van der Waals surface area (Å²) in [5, 5.41) is 3.69. The number of nitrogens with one attached hydrogen (secondary N) is 1. The topological polar surface area (TPSA) is 94.8 Å². The van der Waals surface area contributed by atoms with Crippen molar-refractivity contribution >= 4 is 22.8 Å². The number of hydrogen-bond donors (Lipinski definition) is 1. The van der Waals surface area contributed by atoms with Crippen LogP contribution in [-0.2, 0) is 26.2 Å². The molecule has 0 aliphatic heterocycles. The second-order valence-electron chi connectivity index (χ2n) is 8.79. The van der Waals surface area contributed by atoms with Gasteiger partial charge in [-0.15, -0.1) is 0 Å². The van der Waals surface area contributed by atoms with Gasteiger partial charge in [0, 0.05) is 35.4 Å². The maximum absolute atomic E-state index is 12.4. The van der Waals surface area contributed by atoms with Gasteiger partial charge in [-0.1, -0.05) is 36.8 Å². The molecule has 3 aromatic rings. The van der Waals surface area contributed by atoms with Crippen LogP contribution >= 0.6 is 0 Å². The number of benzene rings is 2. The molecule has 7 nitrogen and oxygen atoms in total. The van der Waals surface area contributed by atoms with Crippen molar-refractivity contribution in [2.24, 2.45) is 0 Å². The first-order valence-electron chi connectivity index (χ1n) is 11.5. The van der Waals surface area contributed by atoms with E-state index in [0.717, 1.165) is 30.2 Å². The number of carbonyl (C=O) groups is 2. The monoisotopic (exact) mass is 463 g/mol. The van der Waals surface area contributed by atoms with E-state index >= 15 is 0 Å². The highest BCUT2D eigenvalue weighted by atomic mass is 16.5. The molecule has 0 radical (unpaired) electrons. The fraction of sp³-hybridized carbons (Fsp3) is 0.370. The number of fused-ring (bicyclic) bond motifs is 1. The summed E-state index contributed by atoms with van der Waals surface area (Å²) in [6.07, 6.45) is 3.34. The molecule has 0 saturated heterocycles. The highest BCUT2D eigenvalue weighted by Crippen LogP contribution is 2.43. The summed E-state index contributed by atoms with van der Waals surface area (Å²) in [4.78, 5) is 37.0. The summed E-state index contributed by atoms with van der Waals surface area (Å²) >= 11 is 0. The molecule has 1 heterocycles. The van der Waals surface area contributed by atoms with Crippen LogP contribution in [0.2, 0.25) is 0 Å². The van der Waals surface area contributed by atoms with Crippen molar-refractivity contribution in [2.75, 3.05) is 20.3 Å². The van der Waals surface area contributed by atoms with Gasteiger partial charge in [0.2, 0.25) is 0 Å². The van der Waals surface area contributed by atoms with Gasteiger partial charge in [-0.05, 0) is 49.4 Å². The molecule has 178 valence electrons. The number of rotatable bonds is 9. The number of aryl methyl sites for hydroxylation is 1. The average molecular weight is 464 g/mol. The maximum atomic E-state index is 12.4. The number of carbonyl (C=O) groups excluding carboxylic acids is 2. The van der Waals surface area contributed by atoms with Crippen LogP contribution in [-0.4, -0.2) is 32.1 Å². The second kappa shape index (κ2) is 10.1. The number of esters is 1. The summed E-state index contributed by atoms with van der Waals surface area (Å²) < 4.78 is 15.7. The highest BCUT2D eigenvalue weighted by Gasteiger charge is 2.38. The molecule has 4 rings (SSSR count). The predicted octanol–water partition coefficient (Wildman–Crippen LogP) is 3.82. The predicted molar refractivity (Wildman–Crippen MR) is 128 cm³/mol. The van der Waals surface area contributed by atoms with E-state index in [-0.39, 0.29) is 30.8 Å². The summed E-state index contributed by atoms with van der Waals surface area (Å²) in [5.74, 6) is -0.271. The van der Waals surface area contributed by atoms with E-state index in [2.05, 4.69) is 17.4 Å². The van der Waals surface area contributed by atoms with Crippen molar-refractivity contribution in [3.63, 3.8) is 0 Å². The third-order valence-electron chi connectivity index (χ3n) is 6.76. The van der Waals surface area contributed by atoms with Crippen LogP contribution in [0.4, 0.5) is 0 Å². The Morgan fingerprint density at radius 2 is 1.88 bits per heavy atom. The lowest BCUT2D eigenvalue weighted by Crippen LogP contribution is -2.46. The SMILES string of the molecule is COc1ccc2c(C)c(CCC(=O)OCC(=O)NCC3(c4ccccc4)CCC3)c(=O)oc2c1. The van der Waals surface area contributed by atoms with Gasteiger partial charge < -0.3 is 19.2 Å². The Hall–Kier alpha value is -3.61. The third-order valence-corrected chi connectivity index (χ3v) is 6.76. The Labute approximate surface area is 198 Å². The van der Waals surface area contributed by atoms with E-state index in [9.17, 15) is 14.4 Å². The molecule has 2 aromatic carbocycles. The standard InChI is InChI=1S/C27H29NO6/c1-18-21-10-9-20(32-2)15-23(21)34-26(31)22(18)11-12-25(30)33-16-24(29)28-17-27(13-6-14-27)19-7-4-3-5-8-19/h3-5,7-10,15H,6,11-14,16-17H2,1-2H3,(H,28,29). The molecule has 1 aromatic heterocycles. The molecule has 1 amide bonds. The zero-order valence-corrected chi connectivity index (χ0v) is 19.5. The molecule has 0 atom stereocenters. The molecule has 1 aliphatic carbocycles. The van der Waals surface area contributed by atoms with E-state index < -0.39 is 11.6 Å². The quantitative estimate of drug-likeness (QED) is 0.383. The fourth-order valence-electron chi connectivity index (χ4n) is 4.52. The minimum Gasteiger partial charge on any atom is -0.497 e. The minimum atomic E-state index is -0.537. The van der Waals surface area contributed by atoms with Gasteiger partial charge in [-0.25, -0.2) is 4.79 Å². The number of hydrogen-bond acceptors (Lipinski definition) is 6. The van der Waals surface area contributed by atoms with E-state index in [4.69, 9.17) is 13.9 Å². The first kappa shape index (κ1) is 23.5. The van der Waals surface area contributed by atoms with Gasteiger partial charge in [-0.3, -0.25) is 9.59 Å². The minimum absolute atomic E-state index is 0.0194. The smallest absolute Gasteiger partial charge is 0.339 e. The fourth-order valence-corrected chi connectivity index (χ4v) is 4.52. The van der Waals surface area contributed by atoms with Crippen LogP contribution in [0.15, 0.2) is 57.7 Å². The first-order valence-corrected chi connectivity index (χ1v) is 11.5. The molecule has 1 aliphatic rings. The molecule has 0 bridgehead atoms. The van der Waals surface area contributed by atoms with Gasteiger partial charge in [-0.2, -0.15) is 0 Å². The summed E-state index contributed by atoms with van der Waals surface area (Å²) in [7, 11) is 1.54. The van der Waals surface area contributed by atoms with Gasteiger partial charge in [0.1, 0.15) is 11.3 Å². The Balaban J connectivity index is 1.29. The highest BCUT2D eigenvalue weighted by molar-refractivity contribution is 5.83. The van der Waals surface area contributed by atoms with Crippen molar-refractivity contribution in [3.05, 3.63) is 75.6 Å². The Morgan fingerprint density at radius 1 is 1.12 bits per heavy atom. The summed E-state index contributed by atoms with van der Waals surface area (Å²) in [6.45, 7) is 2.01.